The van der Waals surface area contributed by atoms with Crippen LogP contribution in [-0.4, -0.2) is 27.4 Å². The number of anilines is 1. The third-order valence-electron chi connectivity index (χ3n) is 2.11. The van der Waals surface area contributed by atoms with Crippen LogP contribution in [0.3, 0.4) is 0 Å². The fourth-order valence-corrected chi connectivity index (χ4v) is 1.35. The molecule has 6 nitrogen and oxygen atoms in total. The molecule has 0 saturated carbocycles. The molecule has 0 aromatic carbocycles. The summed E-state index contributed by atoms with van der Waals surface area (Å²) < 4.78 is 6.57. The molecule has 1 aromatic rings. The minimum absolute atomic E-state index is 0.0723. The summed E-state index contributed by atoms with van der Waals surface area (Å²) in [4.78, 5) is 15.0. The first kappa shape index (κ1) is 9.72. The van der Waals surface area contributed by atoms with E-state index in [1.165, 1.54) is 16.8 Å². The first-order valence-corrected chi connectivity index (χ1v) is 4.54. The number of ether oxygens (including phenoxy) is 1. The lowest BCUT2D eigenvalue weighted by Crippen LogP contribution is -2.24. The predicted octanol–water partition coefficient (Wildman–Crippen LogP) is -0.595. The topological polar surface area (TPSA) is 90.4 Å². The van der Waals surface area contributed by atoms with Crippen LogP contribution in [0.15, 0.2) is 23.1 Å². The molecule has 0 radical (unpaired) electrons. The summed E-state index contributed by atoms with van der Waals surface area (Å²) in [5, 5.41) is 8.86. The van der Waals surface area contributed by atoms with Gasteiger partial charge in [-0.25, -0.2) is 9.36 Å². The summed E-state index contributed by atoms with van der Waals surface area (Å²) in [7, 11) is 0. The third kappa shape index (κ3) is 1.84. The Morgan fingerprint density at radius 2 is 2.53 bits per heavy atom. The minimum Gasteiger partial charge on any atom is -0.473 e. The normalized spacial score (nSPS) is 19.8. The molecule has 0 amide bonds. The molecule has 1 unspecified atom stereocenters. The Morgan fingerprint density at radius 1 is 1.73 bits per heavy atom. The molecule has 1 aliphatic rings. The highest BCUT2D eigenvalue weighted by atomic mass is 16.5. The maximum atomic E-state index is 11.4. The number of hydrogen-bond donors (Lipinski definition) is 2. The van der Waals surface area contributed by atoms with Gasteiger partial charge < -0.3 is 15.6 Å². The van der Waals surface area contributed by atoms with Gasteiger partial charge in [0.2, 0.25) is 0 Å². The van der Waals surface area contributed by atoms with E-state index in [0.717, 1.165) is 0 Å². The van der Waals surface area contributed by atoms with E-state index in [0.29, 0.717) is 12.3 Å². The average molecular weight is 209 g/mol. The van der Waals surface area contributed by atoms with E-state index in [1.807, 2.05) is 0 Å². The second-order valence-electron chi connectivity index (χ2n) is 3.21. The number of aliphatic hydroxyl groups excluding tert-OH is 1. The summed E-state index contributed by atoms with van der Waals surface area (Å²) in [5.41, 5.74) is 4.87. The SMILES string of the molecule is Nc1ccn(C2=CCC(CO)O2)c(=O)n1. The van der Waals surface area contributed by atoms with Crippen LogP contribution in [-0.2, 0) is 4.74 Å². The van der Waals surface area contributed by atoms with Crippen LogP contribution in [0, 0.1) is 0 Å². The third-order valence-corrected chi connectivity index (χ3v) is 2.11. The average Bonchev–Trinajstić information content (AvgIpc) is 2.66. The van der Waals surface area contributed by atoms with Gasteiger partial charge in [-0.05, 0) is 12.1 Å². The van der Waals surface area contributed by atoms with Crippen LogP contribution in [0.5, 0.6) is 0 Å². The zero-order valence-electron chi connectivity index (χ0n) is 7.96. The highest BCUT2D eigenvalue weighted by molar-refractivity contribution is 5.41. The lowest BCUT2D eigenvalue weighted by Gasteiger charge is -2.11. The molecule has 1 atom stereocenters. The van der Waals surface area contributed by atoms with Crippen molar-refractivity contribution in [1.29, 1.82) is 0 Å². The largest absolute Gasteiger partial charge is 0.473 e. The van der Waals surface area contributed by atoms with Crippen molar-refractivity contribution >= 4 is 11.7 Å². The summed E-state index contributed by atoms with van der Waals surface area (Å²) >= 11 is 0. The molecule has 0 bridgehead atoms. The van der Waals surface area contributed by atoms with Crippen LogP contribution >= 0.6 is 0 Å². The van der Waals surface area contributed by atoms with Crippen LogP contribution in [0.4, 0.5) is 5.82 Å². The van der Waals surface area contributed by atoms with Crippen LogP contribution in [0.1, 0.15) is 6.42 Å². The molecule has 0 aliphatic carbocycles. The van der Waals surface area contributed by atoms with Gasteiger partial charge >= 0.3 is 5.69 Å². The number of aliphatic hydroxyl groups is 1. The zero-order valence-corrected chi connectivity index (χ0v) is 7.96. The Labute approximate surface area is 85.6 Å². The van der Waals surface area contributed by atoms with E-state index in [2.05, 4.69) is 4.98 Å². The van der Waals surface area contributed by atoms with Gasteiger partial charge in [-0.3, -0.25) is 0 Å². The molecule has 6 heteroatoms. The fraction of sp³-hybridized carbons (Fsp3) is 0.333. The zero-order chi connectivity index (χ0) is 10.8. The van der Waals surface area contributed by atoms with E-state index in [9.17, 15) is 4.79 Å². The molecule has 3 N–H and O–H groups in total. The van der Waals surface area contributed by atoms with Gasteiger partial charge in [-0.1, -0.05) is 0 Å². The lowest BCUT2D eigenvalue weighted by molar-refractivity contribution is 0.102. The van der Waals surface area contributed by atoms with Gasteiger partial charge in [0.15, 0.2) is 5.88 Å². The van der Waals surface area contributed by atoms with Gasteiger partial charge in [0, 0.05) is 12.6 Å². The molecule has 1 aromatic heterocycles. The first-order valence-electron chi connectivity index (χ1n) is 4.54. The molecule has 80 valence electrons. The van der Waals surface area contributed by atoms with Crippen LogP contribution in [0.25, 0.3) is 5.88 Å². The van der Waals surface area contributed by atoms with Crippen molar-refractivity contribution in [1.82, 2.24) is 9.55 Å². The first-order chi connectivity index (χ1) is 7.20. The van der Waals surface area contributed by atoms with Gasteiger partial charge in [0.1, 0.15) is 11.9 Å². The van der Waals surface area contributed by atoms with Gasteiger partial charge in [0.05, 0.1) is 6.61 Å². The highest BCUT2D eigenvalue weighted by Gasteiger charge is 2.19. The monoisotopic (exact) mass is 209 g/mol. The van der Waals surface area contributed by atoms with E-state index >= 15 is 0 Å². The second-order valence-corrected chi connectivity index (χ2v) is 3.21. The lowest BCUT2D eigenvalue weighted by atomic mass is 10.3. The fourth-order valence-electron chi connectivity index (χ4n) is 1.35. The maximum absolute atomic E-state index is 11.4. The smallest absolute Gasteiger partial charge is 0.356 e. The van der Waals surface area contributed by atoms with Crippen molar-refractivity contribution in [2.75, 3.05) is 12.3 Å². The Bertz CT molecular complexity index is 452. The van der Waals surface area contributed by atoms with Crippen molar-refractivity contribution in [2.24, 2.45) is 0 Å². The molecule has 0 fully saturated rings. The number of nitrogens with two attached hydrogens (primary N) is 1. The Hall–Kier alpha value is -1.82. The Morgan fingerprint density at radius 3 is 3.13 bits per heavy atom. The molecule has 2 heterocycles. The van der Waals surface area contributed by atoms with E-state index in [4.69, 9.17) is 15.6 Å². The minimum atomic E-state index is -0.486. The number of nitrogens with zero attached hydrogens (tertiary/aromatic N) is 2. The van der Waals surface area contributed by atoms with Gasteiger partial charge in [-0.15, -0.1) is 0 Å². The van der Waals surface area contributed by atoms with E-state index < -0.39 is 5.69 Å². The van der Waals surface area contributed by atoms with Crippen LogP contribution < -0.4 is 11.4 Å². The maximum Gasteiger partial charge on any atom is 0.356 e. The summed E-state index contributed by atoms with van der Waals surface area (Å²) in [5.74, 6) is 0.570. The number of rotatable bonds is 2. The van der Waals surface area contributed by atoms with Crippen molar-refractivity contribution in [3.8, 4) is 0 Å². The van der Waals surface area contributed by atoms with Crippen LogP contribution in [0.2, 0.25) is 0 Å². The number of aromatic nitrogens is 2. The van der Waals surface area contributed by atoms with Gasteiger partial charge in [0.25, 0.3) is 0 Å². The Balaban J connectivity index is 2.28. The highest BCUT2D eigenvalue weighted by Crippen LogP contribution is 2.19. The molecule has 2 rings (SSSR count). The van der Waals surface area contributed by atoms with Crippen molar-refractivity contribution in [2.45, 2.75) is 12.5 Å². The van der Waals surface area contributed by atoms with Crippen molar-refractivity contribution in [3.05, 3.63) is 28.8 Å². The van der Waals surface area contributed by atoms with E-state index in [1.54, 1.807) is 6.08 Å². The molecule has 0 saturated heterocycles. The quantitative estimate of drug-likeness (QED) is 0.679. The Kier molecular flexibility index (Phi) is 2.42. The van der Waals surface area contributed by atoms with Crippen molar-refractivity contribution in [3.63, 3.8) is 0 Å². The molecule has 15 heavy (non-hydrogen) atoms. The molecule has 1 aliphatic heterocycles. The van der Waals surface area contributed by atoms with E-state index in [-0.39, 0.29) is 18.5 Å². The van der Waals surface area contributed by atoms with Gasteiger partial charge in [-0.2, -0.15) is 4.98 Å². The number of hydrogen-bond acceptors (Lipinski definition) is 5. The number of nitrogen functional groups attached to an aromatic ring is 1. The molecular weight excluding hydrogens is 198 g/mol. The van der Waals surface area contributed by atoms with Crippen molar-refractivity contribution < 1.29 is 9.84 Å². The predicted molar refractivity (Wildman–Crippen MR) is 53.8 cm³/mol. The summed E-state index contributed by atoms with van der Waals surface area (Å²) in [6.45, 7) is -0.0723. The second kappa shape index (κ2) is 3.74. The molecular formula is C9H11N3O3. The summed E-state index contributed by atoms with van der Waals surface area (Å²) in [6, 6.07) is 1.51. The summed E-state index contributed by atoms with van der Waals surface area (Å²) in [6.07, 6.45) is 3.54. The molecule has 0 spiro atoms. The standard InChI is InChI=1S/C9H11N3O3/c10-7-3-4-12(9(14)11-7)8-2-1-6(5-13)15-8/h2-4,6,13H,1,5H2,(H2,10,11,14).